The highest BCUT2D eigenvalue weighted by Crippen LogP contribution is 2.30. The fraction of sp³-hybridized carbons (Fsp3) is 0.296. The molecule has 3 aromatic rings. The van der Waals surface area contributed by atoms with E-state index < -0.39 is 10.0 Å². The Balaban J connectivity index is 1.83. The molecule has 3 rings (SSSR count). The maximum atomic E-state index is 13.7. The molecular weight excluding hydrogens is 480 g/mol. The number of nitrogens with zero attached hydrogens (tertiary/aromatic N) is 2. The summed E-state index contributed by atoms with van der Waals surface area (Å²) in [6, 6.07) is 21.4. The first-order valence-corrected chi connectivity index (χ1v) is 12.9. The molecule has 0 heterocycles. The number of carbonyl (C=O) groups excluding carboxylic acids is 1. The van der Waals surface area contributed by atoms with Crippen LogP contribution in [-0.4, -0.2) is 65.0 Å². The summed E-state index contributed by atoms with van der Waals surface area (Å²) in [5, 5.41) is 0. The van der Waals surface area contributed by atoms with Gasteiger partial charge in [0.1, 0.15) is 5.75 Å². The molecule has 0 N–H and O–H groups in total. The lowest BCUT2D eigenvalue weighted by Gasteiger charge is -2.25. The van der Waals surface area contributed by atoms with E-state index in [-0.39, 0.29) is 23.9 Å². The van der Waals surface area contributed by atoms with Crippen LogP contribution in [0.4, 0.5) is 0 Å². The molecule has 9 heteroatoms. The molecule has 0 aliphatic rings. The molecule has 1 amide bonds. The van der Waals surface area contributed by atoms with E-state index >= 15 is 0 Å². The van der Waals surface area contributed by atoms with Gasteiger partial charge < -0.3 is 19.1 Å². The maximum Gasteiger partial charge on any atom is 0.243 e. The first-order valence-electron chi connectivity index (χ1n) is 11.4. The summed E-state index contributed by atoms with van der Waals surface area (Å²) in [6.45, 7) is 0.185. The van der Waals surface area contributed by atoms with E-state index in [1.54, 1.807) is 20.2 Å². The van der Waals surface area contributed by atoms with Crippen LogP contribution in [0.2, 0.25) is 0 Å². The van der Waals surface area contributed by atoms with E-state index in [4.69, 9.17) is 14.2 Å². The summed E-state index contributed by atoms with van der Waals surface area (Å²) < 4.78 is 44.2. The molecule has 8 nitrogen and oxygen atoms in total. The van der Waals surface area contributed by atoms with Crippen molar-refractivity contribution >= 4 is 15.9 Å². The van der Waals surface area contributed by atoms with Crippen molar-refractivity contribution in [3.63, 3.8) is 0 Å². The molecule has 3 aromatic carbocycles. The molecule has 192 valence electrons. The standard InChI is InChI=1S/C27H32N2O6S/c1-28(19-22-10-12-23(33-2)13-11-22)27(30)20-29(17-16-21-8-6-5-7-9-21)36(31,32)24-14-15-25(34-3)26(18-24)35-4/h5-15,18H,16-17,19-20H2,1-4H3. The Morgan fingerprint density at radius 3 is 2.08 bits per heavy atom. The third kappa shape index (κ3) is 6.77. The average Bonchev–Trinajstić information content (AvgIpc) is 2.91. The molecule has 0 saturated heterocycles. The van der Waals surface area contributed by atoms with E-state index in [1.165, 1.54) is 35.6 Å². The Bertz CT molecular complexity index is 1250. The summed E-state index contributed by atoms with van der Waals surface area (Å²) in [5.74, 6) is 1.12. The van der Waals surface area contributed by atoms with E-state index in [0.29, 0.717) is 24.5 Å². The van der Waals surface area contributed by atoms with Gasteiger partial charge in [0.05, 0.1) is 32.8 Å². The number of rotatable bonds is 12. The van der Waals surface area contributed by atoms with Gasteiger partial charge in [-0.1, -0.05) is 42.5 Å². The second-order valence-corrected chi connectivity index (χ2v) is 10.1. The second-order valence-electron chi connectivity index (χ2n) is 8.19. The van der Waals surface area contributed by atoms with Gasteiger partial charge in [-0.05, 0) is 41.8 Å². The Morgan fingerprint density at radius 1 is 0.806 bits per heavy atom. The lowest BCUT2D eigenvalue weighted by Crippen LogP contribution is -2.42. The monoisotopic (exact) mass is 512 g/mol. The maximum absolute atomic E-state index is 13.7. The van der Waals surface area contributed by atoms with Crippen LogP contribution in [0.3, 0.4) is 0 Å². The number of likely N-dealkylation sites (N-methyl/N-ethyl adjacent to an activating group) is 1. The van der Waals surface area contributed by atoms with Crippen LogP contribution >= 0.6 is 0 Å². The predicted molar refractivity (Wildman–Crippen MR) is 138 cm³/mol. The van der Waals surface area contributed by atoms with Crippen LogP contribution in [0.1, 0.15) is 11.1 Å². The Hall–Kier alpha value is -3.56. The fourth-order valence-corrected chi connectivity index (χ4v) is 5.08. The van der Waals surface area contributed by atoms with Gasteiger partial charge in [0.15, 0.2) is 11.5 Å². The zero-order chi connectivity index (χ0) is 26.1. The SMILES string of the molecule is COc1ccc(CN(C)C(=O)CN(CCc2ccccc2)S(=O)(=O)c2ccc(OC)c(OC)c2)cc1. The van der Waals surface area contributed by atoms with Gasteiger partial charge in [0.2, 0.25) is 15.9 Å². The van der Waals surface area contributed by atoms with Crippen molar-refractivity contribution in [2.45, 2.75) is 17.9 Å². The third-order valence-electron chi connectivity index (χ3n) is 5.80. The van der Waals surface area contributed by atoms with Crippen molar-refractivity contribution in [2.75, 3.05) is 41.5 Å². The van der Waals surface area contributed by atoms with Crippen molar-refractivity contribution in [1.82, 2.24) is 9.21 Å². The van der Waals surface area contributed by atoms with Crippen molar-refractivity contribution in [3.05, 3.63) is 83.9 Å². The van der Waals surface area contributed by atoms with E-state index in [9.17, 15) is 13.2 Å². The summed E-state index contributed by atoms with van der Waals surface area (Å²) >= 11 is 0. The minimum Gasteiger partial charge on any atom is -0.497 e. The van der Waals surface area contributed by atoms with Crippen molar-refractivity contribution in [1.29, 1.82) is 0 Å². The predicted octanol–water partition coefficient (Wildman–Crippen LogP) is 3.60. The average molecular weight is 513 g/mol. The summed E-state index contributed by atoms with van der Waals surface area (Å²) in [5.41, 5.74) is 1.88. The first-order chi connectivity index (χ1) is 17.3. The molecular formula is C27H32N2O6S. The highest BCUT2D eigenvalue weighted by molar-refractivity contribution is 7.89. The number of benzene rings is 3. The van der Waals surface area contributed by atoms with Gasteiger partial charge in [-0.25, -0.2) is 8.42 Å². The van der Waals surface area contributed by atoms with Crippen LogP contribution < -0.4 is 14.2 Å². The molecule has 0 aliphatic carbocycles. The Kier molecular flexibility index (Phi) is 9.32. The highest BCUT2D eigenvalue weighted by atomic mass is 32.2. The number of hydrogen-bond acceptors (Lipinski definition) is 6. The minimum absolute atomic E-state index is 0.0267. The van der Waals surface area contributed by atoms with Crippen LogP contribution in [-0.2, 0) is 27.8 Å². The molecule has 0 atom stereocenters. The Labute approximate surface area is 213 Å². The molecule has 0 saturated carbocycles. The molecule has 0 fully saturated rings. The topological polar surface area (TPSA) is 85.4 Å². The number of amides is 1. The van der Waals surface area contributed by atoms with E-state index in [2.05, 4.69) is 0 Å². The lowest BCUT2D eigenvalue weighted by atomic mass is 10.1. The zero-order valence-corrected chi connectivity index (χ0v) is 21.8. The normalized spacial score (nSPS) is 11.2. The number of hydrogen-bond donors (Lipinski definition) is 0. The van der Waals surface area contributed by atoms with Gasteiger partial charge in [-0.2, -0.15) is 4.31 Å². The minimum atomic E-state index is -4.01. The summed E-state index contributed by atoms with van der Waals surface area (Å²) in [6.07, 6.45) is 0.461. The van der Waals surface area contributed by atoms with Crippen LogP contribution in [0.15, 0.2) is 77.7 Å². The van der Waals surface area contributed by atoms with Gasteiger partial charge in [0, 0.05) is 26.2 Å². The van der Waals surface area contributed by atoms with E-state index in [1.807, 2.05) is 54.6 Å². The van der Waals surface area contributed by atoms with Gasteiger partial charge in [0.25, 0.3) is 0 Å². The molecule has 0 unspecified atom stereocenters. The number of ether oxygens (including phenoxy) is 3. The van der Waals surface area contributed by atoms with Gasteiger partial charge in [-0.3, -0.25) is 4.79 Å². The zero-order valence-electron chi connectivity index (χ0n) is 21.0. The van der Waals surface area contributed by atoms with Crippen molar-refractivity contribution in [3.8, 4) is 17.2 Å². The van der Waals surface area contributed by atoms with E-state index in [0.717, 1.165) is 16.9 Å². The molecule has 36 heavy (non-hydrogen) atoms. The van der Waals surface area contributed by atoms with Crippen LogP contribution in [0, 0.1) is 0 Å². The molecule has 0 spiro atoms. The van der Waals surface area contributed by atoms with Gasteiger partial charge >= 0.3 is 0 Å². The summed E-state index contributed by atoms with van der Waals surface area (Å²) in [4.78, 5) is 14.7. The quantitative estimate of drug-likeness (QED) is 0.369. The fourth-order valence-electron chi connectivity index (χ4n) is 3.67. The second kappa shape index (κ2) is 12.4. The lowest BCUT2D eigenvalue weighted by molar-refractivity contribution is -0.130. The molecule has 0 radical (unpaired) electrons. The largest absolute Gasteiger partial charge is 0.497 e. The molecule has 0 aromatic heterocycles. The summed E-state index contributed by atoms with van der Waals surface area (Å²) in [7, 11) is 2.17. The van der Waals surface area contributed by atoms with Crippen LogP contribution in [0.5, 0.6) is 17.2 Å². The first kappa shape index (κ1) is 27.0. The number of sulfonamides is 1. The third-order valence-corrected chi connectivity index (χ3v) is 7.64. The highest BCUT2D eigenvalue weighted by Gasteiger charge is 2.28. The smallest absolute Gasteiger partial charge is 0.243 e. The van der Waals surface area contributed by atoms with Gasteiger partial charge in [-0.15, -0.1) is 0 Å². The van der Waals surface area contributed by atoms with Crippen LogP contribution in [0.25, 0.3) is 0 Å². The Morgan fingerprint density at radius 2 is 1.47 bits per heavy atom. The molecule has 0 aliphatic heterocycles. The number of carbonyl (C=O) groups is 1. The molecule has 0 bridgehead atoms. The van der Waals surface area contributed by atoms with Crippen molar-refractivity contribution in [2.24, 2.45) is 0 Å². The van der Waals surface area contributed by atoms with Crippen molar-refractivity contribution < 1.29 is 27.4 Å². The number of methoxy groups -OCH3 is 3.